The van der Waals surface area contributed by atoms with Crippen LogP contribution >= 0.6 is 0 Å². The van der Waals surface area contributed by atoms with Gasteiger partial charge in [-0.2, -0.15) is 0 Å². The van der Waals surface area contributed by atoms with Crippen molar-refractivity contribution in [2.75, 3.05) is 0 Å². The molecule has 1 aliphatic rings. The molecule has 4 heteroatoms. The number of nitrogens with one attached hydrogen (secondary N) is 1. The molecule has 2 atom stereocenters. The number of carbonyl (C=O) groups is 1. The van der Waals surface area contributed by atoms with Gasteiger partial charge in [-0.3, -0.25) is 9.69 Å². The Hall–Kier alpha value is -1.39. The minimum absolute atomic E-state index is 0.423. The van der Waals surface area contributed by atoms with Gasteiger partial charge in [0, 0.05) is 24.7 Å². The van der Waals surface area contributed by atoms with Gasteiger partial charge in [0.15, 0.2) is 5.72 Å². The first-order valence-electron chi connectivity index (χ1n) is 9.19. The molecule has 0 radical (unpaired) electrons. The molecule has 1 aromatic carbocycles. The van der Waals surface area contributed by atoms with E-state index in [0.717, 1.165) is 32.2 Å². The third-order valence-electron chi connectivity index (χ3n) is 5.24. The van der Waals surface area contributed by atoms with Gasteiger partial charge in [0.1, 0.15) is 0 Å². The summed E-state index contributed by atoms with van der Waals surface area (Å²) in [7, 11) is 0. The van der Waals surface area contributed by atoms with E-state index in [2.05, 4.69) is 54.4 Å². The summed E-state index contributed by atoms with van der Waals surface area (Å²) in [6.45, 7) is 9.95. The van der Waals surface area contributed by atoms with Crippen LogP contribution in [0, 0.1) is 0 Å². The van der Waals surface area contributed by atoms with Gasteiger partial charge in [-0.1, -0.05) is 44.2 Å². The summed E-state index contributed by atoms with van der Waals surface area (Å²) in [5.41, 5.74) is 0.777. The largest absolute Gasteiger partial charge is 0.446 e. The summed E-state index contributed by atoms with van der Waals surface area (Å²) < 4.78 is 5.42. The molecule has 0 aromatic heterocycles. The van der Waals surface area contributed by atoms with Crippen LogP contribution in [0.15, 0.2) is 30.3 Å². The Labute approximate surface area is 146 Å². The van der Waals surface area contributed by atoms with Crippen molar-refractivity contribution in [2.45, 2.75) is 83.8 Å². The minimum atomic E-state index is -0.548. The number of benzene rings is 1. The molecule has 1 heterocycles. The molecule has 4 nitrogen and oxygen atoms in total. The molecule has 2 unspecified atom stereocenters. The summed E-state index contributed by atoms with van der Waals surface area (Å²) in [5, 5.41) is 3.73. The van der Waals surface area contributed by atoms with Crippen LogP contribution in [0.2, 0.25) is 0 Å². The van der Waals surface area contributed by atoms with Crippen LogP contribution < -0.4 is 5.32 Å². The fraction of sp³-hybridized carbons (Fsp3) is 0.650. The van der Waals surface area contributed by atoms with E-state index < -0.39 is 5.72 Å². The number of ether oxygens (including phenoxy) is 1. The lowest BCUT2D eigenvalue weighted by Gasteiger charge is -2.51. The van der Waals surface area contributed by atoms with Crippen LogP contribution in [0.3, 0.4) is 0 Å². The number of hydrogen-bond donors (Lipinski definition) is 1. The molecule has 2 rings (SSSR count). The first kappa shape index (κ1) is 18.9. The zero-order valence-corrected chi connectivity index (χ0v) is 15.5. The van der Waals surface area contributed by atoms with Crippen molar-refractivity contribution in [3.05, 3.63) is 35.9 Å². The summed E-state index contributed by atoms with van der Waals surface area (Å²) >= 11 is 0. The Bertz CT molecular complexity index is 490. The van der Waals surface area contributed by atoms with E-state index in [-0.39, 0.29) is 0 Å². The second kappa shape index (κ2) is 8.63. The maximum atomic E-state index is 10.9. The Morgan fingerprint density at radius 2 is 1.75 bits per heavy atom. The van der Waals surface area contributed by atoms with Crippen molar-refractivity contribution < 1.29 is 9.53 Å². The number of hydrogen-bond acceptors (Lipinski definition) is 4. The van der Waals surface area contributed by atoms with Gasteiger partial charge in [-0.05, 0) is 45.1 Å². The van der Waals surface area contributed by atoms with Gasteiger partial charge >= 0.3 is 0 Å². The first-order valence-corrected chi connectivity index (χ1v) is 9.19. The molecule has 0 aliphatic carbocycles. The van der Waals surface area contributed by atoms with Gasteiger partial charge in [-0.25, -0.2) is 0 Å². The number of nitrogens with zero attached hydrogens (tertiary/aromatic N) is 1. The van der Waals surface area contributed by atoms with Crippen molar-refractivity contribution in [3.63, 3.8) is 0 Å². The predicted octanol–water partition coefficient (Wildman–Crippen LogP) is 3.71. The maximum absolute atomic E-state index is 10.9. The number of rotatable bonds is 8. The fourth-order valence-corrected chi connectivity index (χ4v) is 4.09. The van der Waals surface area contributed by atoms with E-state index in [1.165, 1.54) is 5.56 Å². The van der Waals surface area contributed by atoms with Crippen LogP contribution in [-0.2, 0) is 16.1 Å². The van der Waals surface area contributed by atoms with Crippen molar-refractivity contribution in [2.24, 2.45) is 0 Å². The van der Waals surface area contributed by atoms with Crippen LogP contribution in [0.1, 0.15) is 58.9 Å². The van der Waals surface area contributed by atoms with E-state index in [1.54, 1.807) is 0 Å². The third-order valence-corrected chi connectivity index (χ3v) is 5.24. The van der Waals surface area contributed by atoms with Crippen molar-refractivity contribution in [3.8, 4) is 0 Å². The zero-order valence-electron chi connectivity index (χ0n) is 15.5. The molecule has 0 amide bonds. The average molecular weight is 332 g/mol. The van der Waals surface area contributed by atoms with Crippen LogP contribution in [0.25, 0.3) is 0 Å². The lowest BCUT2D eigenvalue weighted by atomic mass is 9.86. The molecule has 0 saturated carbocycles. The molecule has 1 aromatic rings. The van der Waals surface area contributed by atoms with E-state index >= 15 is 0 Å². The highest BCUT2D eigenvalue weighted by atomic mass is 16.6. The van der Waals surface area contributed by atoms with Crippen LogP contribution in [0.4, 0.5) is 0 Å². The summed E-state index contributed by atoms with van der Waals surface area (Å²) in [6.07, 6.45) is 4.30. The van der Waals surface area contributed by atoms with Gasteiger partial charge in [-0.15, -0.1) is 0 Å². The standard InChI is InChI=1S/C20H32N2O2/c1-5-18-12-17(21-14-16-10-8-7-9-11-16)13-19(6-2)22(18)20(3,4)24-15-23/h7-11,15,17-19,21H,5-6,12-14H2,1-4H3. The van der Waals surface area contributed by atoms with Crippen LogP contribution in [0.5, 0.6) is 0 Å². The van der Waals surface area contributed by atoms with Crippen molar-refractivity contribution in [1.29, 1.82) is 0 Å². The van der Waals surface area contributed by atoms with Gasteiger partial charge in [0.2, 0.25) is 0 Å². The topological polar surface area (TPSA) is 41.6 Å². The lowest BCUT2D eigenvalue weighted by molar-refractivity contribution is -0.181. The molecule has 1 N–H and O–H groups in total. The van der Waals surface area contributed by atoms with Gasteiger partial charge < -0.3 is 10.1 Å². The highest BCUT2D eigenvalue weighted by molar-refractivity contribution is 5.38. The van der Waals surface area contributed by atoms with Crippen molar-refractivity contribution in [1.82, 2.24) is 10.2 Å². The van der Waals surface area contributed by atoms with E-state index in [9.17, 15) is 4.79 Å². The predicted molar refractivity (Wildman–Crippen MR) is 97.5 cm³/mol. The Morgan fingerprint density at radius 3 is 2.25 bits per heavy atom. The third kappa shape index (κ3) is 4.58. The Balaban J connectivity index is 2.05. The molecule has 1 aliphatic heterocycles. The summed E-state index contributed by atoms with van der Waals surface area (Å²) in [5.74, 6) is 0. The van der Waals surface area contributed by atoms with E-state index in [0.29, 0.717) is 24.6 Å². The number of likely N-dealkylation sites (tertiary alicyclic amines) is 1. The highest BCUT2D eigenvalue weighted by Crippen LogP contribution is 2.34. The normalized spacial score (nSPS) is 25.4. The molecule has 1 fully saturated rings. The maximum Gasteiger partial charge on any atom is 0.294 e. The summed E-state index contributed by atoms with van der Waals surface area (Å²) in [4.78, 5) is 13.3. The number of carbonyl (C=O) groups excluding carboxylic acids is 1. The Kier molecular flexibility index (Phi) is 6.81. The lowest BCUT2D eigenvalue weighted by Crippen LogP contribution is -2.61. The smallest absolute Gasteiger partial charge is 0.294 e. The Morgan fingerprint density at radius 1 is 1.17 bits per heavy atom. The quantitative estimate of drug-likeness (QED) is 0.737. The van der Waals surface area contributed by atoms with E-state index in [1.807, 2.05) is 13.8 Å². The van der Waals surface area contributed by atoms with Gasteiger partial charge in [0.25, 0.3) is 6.47 Å². The molecular weight excluding hydrogens is 300 g/mol. The first-order chi connectivity index (χ1) is 11.5. The molecule has 0 bridgehead atoms. The number of piperidine rings is 1. The minimum Gasteiger partial charge on any atom is -0.446 e. The second-order valence-electron chi connectivity index (χ2n) is 7.23. The zero-order chi connectivity index (χ0) is 17.6. The molecular formula is C20H32N2O2. The van der Waals surface area contributed by atoms with Gasteiger partial charge in [0.05, 0.1) is 0 Å². The van der Waals surface area contributed by atoms with Crippen LogP contribution in [-0.4, -0.2) is 35.2 Å². The average Bonchev–Trinajstić information content (AvgIpc) is 2.59. The monoisotopic (exact) mass is 332 g/mol. The van der Waals surface area contributed by atoms with Crippen molar-refractivity contribution >= 4 is 6.47 Å². The SMILES string of the molecule is CCC1CC(NCc2ccccc2)CC(CC)N1C(C)(C)OC=O. The molecule has 134 valence electrons. The summed E-state index contributed by atoms with van der Waals surface area (Å²) in [6, 6.07) is 11.9. The highest BCUT2D eigenvalue weighted by Gasteiger charge is 2.42. The molecule has 24 heavy (non-hydrogen) atoms. The fourth-order valence-electron chi connectivity index (χ4n) is 4.09. The molecule has 1 saturated heterocycles. The van der Waals surface area contributed by atoms with E-state index in [4.69, 9.17) is 4.74 Å². The second-order valence-corrected chi connectivity index (χ2v) is 7.23. The molecule has 0 spiro atoms.